The van der Waals surface area contributed by atoms with Crippen LogP contribution in [0, 0.1) is 6.92 Å². The monoisotopic (exact) mass is 245 g/mol. The first kappa shape index (κ1) is 12.5. The Hall–Kier alpha value is -1.91. The highest BCUT2D eigenvalue weighted by atomic mass is 15.2. The van der Waals surface area contributed by atoms with Crippen LogP contribution in [0.15, 0.2) is 12.4 Å². The number of rotatable bonds is 3. The Morgan fingerprint density at radius 1 is 1.28 bits per heavy atom. The molecule has 0 aliphatic rings. The summed E-state index contributed by atoms with van der Waals surface area (Å²) in [6.07, 6.45) is 3.80. The molecule has 0 atom stereocenters. The molecule has 2 rings (SSSR count). The van der Waals surface area contributed by atoms with E-state index in [4.69, 9.17) is 0 Å². The smallest absolute Gasteiger partial charge is 0.133 e. The Morgan fingerprint density at radius 2 is 2.00 bits per heavy atom. The predicted octanol–water partition coefficient (Wildman–Crippen LogP) is 2.35. The van der Waals surface area contributed by atoms with Crippen molar-refractivity contribution in [2.45, 2.75) is 26.7 Å². The Balaban J connectivity index is 2.61. The molecule has 0 spiro atoms. The molecular formula is C13H19N5. The van der Waals surface area contributed by atoms with Gasteiger partial charge in [0.1, 0.15) is 11.6 Å². The summed E-state index contributed by atoms with van der Waals surface area (Å²) < 4.78 is 1.78. The van der Waals surface area contributed by atoms with Crippen molar-refractivity contribution >= 4 is 5.82 Å². The average molecular weight is 245 g/mol. The molecule has 0 fully saturated rings. The fourth-order valence-electron chi connectivity index (χ4n) is 1.86. The number of hydrogen-bond acceptors (Lipinski definition) is 4. The zero-order valence-corrected chi connectivity index (χ0v) is 11.5. The molecule has 5 heteroatoms. The number of nitrogens with zero attached hydrogens (tertiary/aromatic N) is 4. The third-order valence-electron chi connectivity index (χ3n) is 2.89. The predicted molar refractivity (Wildman–Crippen MR) is 72.6 cm³/mol. The highest BCUT2D eigenvalue weighted by molar-refractivity contribution is 5.67. The lowest BCUT2D eigenvalue weighted by atomic mass is 10.1. The quantitative estimate of drug-likeness (QED) is 0.901. The van der Waals surface area contributed by atoms with Crippen LogP contribution in [-0.2, 0) is 7.05 Å². The second-order valence-electron chi connectivity index (χ2n) is 4.71. The SMILES string of the molecule is CNc1nc(C(C)C)nc(-c2cnn(C)c2)c1C. The van der Waals surface area contributed by atoms with Crippen molar-refractivity contribution in [3.63, 3.8) is 0 Å². The van der Waals surface area contributed by atoms with E-state index in [1.165, 1.54) is 0 Å². The van der Waals surface area contributed by atoms with Crippen molar-refractivity contribution in [3.8, 4) is 11.3 Å². The first-order valence-corrected chi connectivity index (χ1v) is 6.08. The fourth-order valence-corrected chi connectivity index (χ4v) is 1.86. The van der Waals surface area contributed by atoms with Gasteiger partial charge >= 0.3 is 0 Å². The van der Waals surface area contributed by atoms with Crippen molar-refractivity contribution in [1.82, 2.24) is 19.7 Å². The number of nitrogens with one attached hydrogen (secondary N) is 1. The van der Waals surface area contributed by atoms with Gasteiger partial charge in [0, 0.05) is 37.3 Å². The van der Waals surface area contributed by atoms with E-state index < -0.39 is 0 Å². The van der Waals surface area contributed by atoms with E-state index in [1.807, 2.05) is 33.4 Å². The van der Waals surface area contributed by atoms with Gasteiger partial charge in [-0.15, -0.1) is 0 Å². The van der Waals surface area contributed by atoms with E-state index in [9.17, 15) is 0 Å². The van der Waals surface area contributed by atoms with Gasteiger partial charge in [0.05, 0.1) is 11.9 Å². The van der Waals surface area contributed by atoms with Crippen LogP contribution in [0.4, 0.5) is 5.82 Å². The Kier molecular flexibility index (Phi) is 3.32. The maximum atomic E-state index is 4.66. The van der Waals surface area contributed by atoms with E-state index in [1.54, 1.807) is 4.68 Å². The Labute approximate surface area is 107 Å². The summed E-state index contributed by atoms with van der Waals surface area (Å²) >= 11 is 0. The van der Waals surface area contributed by atoms with Crippen LogP contribution in [0.3, 0.4) is 0 Å². The van der Waals surface area contributed by atoms with Crippen molar-refractivity contribution in [1.29, 1.82) is 0 Å². The zero-order chi connectivity index (χ0) is 13.3. The van der Waals surface area contributed by atoms with Gasteiger partial charge in [-0.2, -0.15) is 5.10 Å². The molecule has 18 heavy (non-hydrogen) atoms. The van der Waals surface area contributed by atoms with Gasteiger partial charge in [-0.05, 0) is 6.92 Å². The second kappa shape index (κ2) is 4.76. The molecule has 0 aromatic carbocycles. The van der Waals surface area contributed by atoms with Crippen LogP contribution < -0.4 is 5.32 Å². The topological polar surface area (TPSA) is 55.6 Å². The lowest BCUT2D eigenvalue weighted by molar-refractivity contribution is 0.767. The molecule has 0 radical (unpaired) electrons. The van der Waals surface area contributed by atoms with E-state index in [2.05, 4.69) is 34.2 Å². The van der Waals surface area contributed by atoms with Gasteiger partial charge in [-0.1, -0.05) is 13.8 Å². The summed E-state index contributed by atoms with van der Waals surface area (Å²) in [5, 5.41) is 7.33. The summed E-state index contributed by atoms with van der Waals surface area (Å²) in [4.78, 5) is 9.19. The molecular weight excluding hydrogens is 226 g/mol. The molecule has 0 saturated carbocycles. The lowest BCUT2D eigenvalue weighted by Gasteiger charge is -2.12. The minimum Gasteiger partial charge on any atom is -0.373 e. The molecule has 0 aliphatic carbocycles. The zero-order valence-electron chi connectivity index (χ0n) is 11.5. The molecule has 2 aromatic heterocycles. The van der Waals surface area contributed by atoms with E-state index in [-0.39, 0.29) is 0 Å². The third-order valence-corrected chi connectivity index (χ3v) is 2.89. The van der Waals surface area contributed by atoms with Crippen LogP contribution in [0.25, 0.3) is 11.3 Å². The highest BCUT2D eigenvalue weighted by Gasteiger charge is 2.14. The van der Waals surface area contributed by atoms with E-state index in [0.717, 1.165) is 28.5 Å². The highest BCUT2D eigenvalue weighted by Crippen LogP contribution is 2.26. The van der Waals surface area contributed by atoms with Gasteiger partial charge in [0.2, 0.25) is 0 Å². The maximum Gasteiger partial charge on any atom is 0.133 e. The van der Waals surface area contributed by atoms with E-state index in [0.29, 0.717) is 5.92 Å². The molecule has 0 bridgehead atoms. The average Bonchev–Trinajstić information content (AvgIpc) is 2.75. The van der Waals surface area contributed by atoms with Crippen LogP contribution in [0.5, 0.6) is 0 Å². The van der Waals surface area contributed by atoms with Gasteiger partial charge in [-0.3, -0.25) is 4.68 Å². The van der Waals surface area contributed by atoms with Gasteiger partial charge in [0.25, 0.3) is 0 Å². The largest absolute Gasteiger partial charge is 0.373 e. The molecule has 2 heterocycles. The first-order valence-electron chi connectivity index (χ1n) is 6.08. The lowest BCUT2D eigenvalue weighted by Crippen LogP contribution is -2.06. The van der Waals surface area contributed by atoms with Crippen LogP contribution >= 0.6 is 0 Å². The molecule has 2 aromatic rings. The molecule has 0 unspecified atom stereocenters. The first-order chi connectivity index (χ1) is 8.52. The van der Waals surface area contributed by atoms with Gasteiger partial charge in [-0.25, -0.2) is 9.97 Å². The summed E-state index contributed by atoms with van der Waals surface area (Å²) in [6, 6.07) is 0. The van der Waals surface area contributed by atoms with Crippen LogP contribution in [0.1, 0.15) is 31.2 Å². The minimum absolute atomic E-state index is 0.299. The number of aromatic nitrogens is 4. The van der Waals surface area contributed by atoms with Crippen molar-refractivity contribution in [3.05, 3.63) is 23.8 Å². The number of aryl methyl sites for hydroxylation is 1. The minimum atomic E-state index is 0.299. The normalized spacial score (nSPS) is 11.0. The van der Waals surface area contributed by atoms with Crippen LogP contribution in [0.2, 0.25) is 0 Å². The van der Waals surface area contributed by atoms with Crippen molar-refractivity contribution in [2.75, 3.05) is 12.4 Å². The Bertz CT molecular complexity index is 557. The van der Waals surface area contributed by atoms with Crippen molar-refractivity contribution < 1.29 is 0 Å². The molecule has 0 aliphatic heterocycles. The Morgan fingerprint density at radius 3 is 2.50 bits per heavy atom. The number of anilines is 1. The molecule has 96 valence electrons. The fraction of sp³-hybridized carbons (Fsp3) is 0.462. The van der Waals surface area contributed by atoms with Gasteiger partial charge < -0.3 is 5.32 Å². The third kappa shape index (κ3) is 2.20. The standard InChI is InChI=1S/C13H19N5/c1-8(2)12-16-11(9(3)13(14-4)17-12)10-6-15-18(5)7-10/h6-8H,1-5H3,(H,14,16,17). The molecule has 0 amide bonds. The summed E-state index contributed by atoms with van der Waals surface area (Å²) in [6.45, 7) is 6.21. The summed E-state index contributed by atoms with van der Waals surface area (Å²) in [5.74, 6) is 2.03. The van der Waals surface area contributed by atoms with E-state index >= 15 is 0 Å². The van der Waals surface area contributed by atoms with Crippen molar-refractivity contribution in [2.24, 2.45) is 7.05 Å². The molecule has 0 saturated heterocycles. The summed E-state index contributed by atoms with van der Waals surface area (Å²) in [5.41, 5.74) is 3.02. The van der Waals surface area contributed by atoms with Crippen LogP contribution in [-0.4, -0.2) is 26.8 Å². The van der Waals surface area contributed by atoms with Gasteiger partial charge in [0.15, 0.2) is 0 Å². The second-order valence-corrected chi connectivity index (χ2v) is 4.71. The maximum absolute atomic E-state index is 4.66. The molecule has 1 N–H and O–H groups in total. The molecule has 5 nitrogen and oxygen atoms in total. The number of hydrogen-bond donors (Lipinski definition) is 1. The summed E-state index contributed by atoms with van der Waals surface area (Å²) in [7, 11) is 3.79.